The molecule has 2 aromatic rings. The maximum absolute atomic E-state index is 12.5. The average Bonchev–Trinajstić information content (AvgIpc) is 2.62. The lowest BCUT2D eigenvalue weighted by Crippen LogP contribution is -3.28. The second-order valence-electron chi connectivity index (χ2n) is 7.80. The first-order chi connectivity index (χ1) is 12.9. The van der Waals surface area contributed by atoms with Gasteiger partial charge in [-0.1, -0.05) is 41.4 Å². The number of hydrogen-bond donors (Lipinski definition) is 3. The van der Waals surface area contributed by atoms with Crippen LogP contribution in [-0.2, 0) is 11.3 Å². The molecule has 1 heterocycles. The van der Waals surface area contributed by atoms with Crippen molar-refractivity contribution in [2.75, 3.05) is 38.0 Å². The van der Waals surface area contributed by atoms with Crippen molar-refractivity contribution in [2.45, 2.75) is 27.3 Å². The van der Waals surface area contributed by atoms with Gasteiger partial charge >= 0.3 is 0 Å². The van der Waals surface area contributed by atoms with E-state index >= 15 is 0 Å². The zero-order valence-corrected chi connectivity index (χ0v) is 17.2. The first-order valence-corrected chi connectivity index (χ1v) is 10.1. The Balaban J connectivity index is 1.47. The van der Waals surface area contributed by atoms with Crippen LogP contribution < -0.4 is 15.1 Å². The zero-order valence-electron chi connectivity index (χ0n) is 16.5. The van der Waals surface area contributed by atoms with Crippen molar-refractivity contribution < 1.29 is 14.6 Å². The minimum absolute atomic E-state index is 0.112. The summed E-state index contributed by atoms with van der Waals surface area (Å²) < 4.78 is 0. The highest BCUT2D eigenvalue weighted by molar-refractivity contribution is 6.30. The number of benzene rings is 2. The third-order valence-corrected chi connectivity index (χ3v) is 5.64. The van der Waals surface area contributed by atoms with Crippen LogP contribution in [0.15, 0.2) is 36.4 Å². The van der Waals surface area contributed by atoms with E-state index in [1.807, 2.05) is 12.1 Å². The highest BCUT2D eigenvalue weighted by atomic mass is 35.5. The second kappa shape index (κ2) is 8.87. The molecule has 5 heteroatoms. The van der Waals surface area contributed by atoms with Gasteiger partial charge in [0.25, 0.3) is 5.91 Å². The second-order valence-corrected chi connectivity index (χ2v) is 8.24. The number of halogens is 1. The van der Waals surface area contributed by atoms with Crippen molar-refractivity contribution in [3.05, 3.63) is 63.7 Å². The molecule has 0 aliphatic carbocycles. The number of carbonyl (C=O) groups is 1. The molecule has 27 heavy (non-hydrogen) atoms. The van der Waals surface area contributed by atoms with Crippen molar-refractivity contribution in [3.63, 3.8) is 0 Å². The van der Waals surface area contributed by atoms with E-state index in [1.165, 1.54) is 16.0 Å². The van der Waals surface area contributed by atoms with Crippen LogP contribution in [0.25, 0.3) is 0 Å². The molecule has 0 unspecified atom stereocenters. The summed E-state index contributed by atoms with van der Waals surface area (Å²) in [5.41, 5.74) is 5.78. The third-order valence-electron chi connectivity index (χ3n) is 5.38. The number of amides is 1. The summed E-state index contributed by atoms with van der Waals surface area (Å²) in [6.45, 7) is 12.0. The number of aryl methyl sites for hydroxylation is 3. The molecule has 0 saturated carbocycles. The highest BCUT2D eigenvalue weighted by Gasteiger charge is 2.25. The van der Waals surface area contributed by atoms with Gasteiger partial charge in [0.1, 0.15) is 32.7 Å². The van der Waals surface area contributed by atoms with Crippen LogP contribution in [0.3, 0.4) is 0 Å². The number of rotatable bonds is 5. The topological polar surface area (TPSA) is 38.0 Å². The summed E-state index contributed by atoms with van der Waals surface area (Å²) in [5.74, 6) is 0.112. The molecular formula is C22H30ClN3O+2. The Bertz CT molecular complexity index is 773. The number of nitrogens with one attached hydrogen (secondary N) is 3. The number of hydrogen-bond acceptors (Lipinski definition) is 1. The molecule has 1 aliphatic rings. The summed E-state index contributed by atoms with van der Waals surface area (Å²) in [5, 5.41) is 3.92. The third kappa shape index (κ3) is 5.55. The van der Waals surface area contributed by atoms with Crippen LogP contribution in [-0.4, -0.2) is 38.6 Å². The van der Waals surface area contributed by atoms with Gasteiger partial charge in [0.2, 0.25) is 0 Å². The van der Waals surface area contributed by atoms with E-state index in [2.05, 4.69) is 50.4 Å². The Labute approximate surface area is 167 Å². The quantitative estimate of drug-likeness (QED) is 0.708. The molecule has 1 fully saturated rings. The van der Waals surface area contributed by atoms with Crippen LogP contribution in [0.5, 0.6) is 0 Å². The van der Waals surface area contributed by atoms with Crippen LogP contribution in [0.2, 0.25) is 5.02 Å². The number of carbonyl (C=O) groups excluding carboxylic acids is 1. The van der Waals surface area contributed by atoms with E-state index in [4.69, 9.17) is 11.6 Å². The van der Waals surface area contributed by atoms with E-state index < -0.39 is 0 Å². The molecule has 4 nitrogen and oxygen atoms in total. The van der Waals surface area contributed by atoms with E-state index in [0.717, 1.165) is 54.6 Å². The molecule has 144 valence electrons. The summed E-state index contributed by atoms with van der Waals surface area (Å²) in [6.07, 6.45) is 0. The van der Waals surface area contributed by atoms with Gasteiger partial charge in [0, 0.05) is 16.3 Å². The lowest BCUT2D eigenvalue weighted by atomic mass is 10.1. The smallest absolute Gasteiger partial charge is 0.279 e. The van der Waals surface area contributed by atoms with Crippen LogP contribution in [0, 0.1) is 20.8 Å². The minimum atomic E-state index is 0.112. The van der Waals surface area contributed by atoms with Gasteiger partial charge in [-0.15, -0.1) is 0 Å². The van der Waals surface area contributed by atoms with Gasteiger partial charge in [0.15, 0.2) is 6.54 Å². The predicted octanol–water partition coefficient (Wildman–Crippen LogP) is 1.19. The van der Waals surface area contributed by atoms with Crippen LogP contribution >= 0.6 is 11.6 Å². The molecule has 0 bridgehead atoms. The Morgan fingerprint density at radius 1 is 0.963 bits per heavy atom. The van der Waals surface area contributed by atoms with E-state index in [0.29, 0.717) is 6.54 Å². The maximum atomic E-state index is 12.5. The summed E-state index contributed by atoms with van der Waals surface area (Å²) in [4.78, 5) is 15.5. The van der Waals surface area contributed by atoms with Crippen LogP contribution in [0.1, 0.15) is 22.3 Å². The van der Waals surface area contributed by atoms with E-state index in [-0.39, 0.29) is 5.91 Å². The molecule has 3 N–H and O–H groups in total. The van der Waals surface area contributed by atoms with Crippen molar-refractivity contribution in [1.29, 1.82) is 0 Å². The molecule has 1 amide bonds. The Morgan fingerprint density at radius 2 is 1.52 bits per heavy atom. The predicted molar refractivity (Wildman–Crippen MR) is 111 cm³/mol. The van der Waals surface area contributed by atoms with Crippen molar-refractivity contribution in [3.8, 4) is 0 Å². The van der Waals surface area contributed by atoms with Crippen LogP contribution in [0.4, 0.5) is 5.69 Å². The molecule has 1 aliphatic heterocycles. The minimum Gasteiger partial charge on any atom is -0.322 e. The van der Waals surface area contributed by atoms with Gasteiger partial charge in [0.05, 0.1) is 0 Å². The molecule has 1 saturated heterocycles. The van der Waals surface area contributed by atoms with Crippen molar-refractivity contribution in [2.24, 2.45) is 0 Å². The fraction of sp³-hybridized carbons (Fsp3) is 0.409. The molecular weight excluding hydrogens is 358 g/mol. The van der Waals surface area contributed by atoms with Gasteiger partial charge in [-0.2, -0.15) is 0 Å². The van der Waals surface area contributed by atoms with Crippen molar-refractivity contribution >= 4 is 23.2 Å². The van der Waals surface area contributed by atoms with E-state index in [9.17, 15) is 4.79 Å². The zero-order chi connectivity index (χ0) is 19.4. The van der Waals surface area contributed by atoms with Gasteiger partial charge in [-0.25, -0.2) is 0 Å². The maximum Gasteiger partial charge on any atom is 0.279 e. The first kappa shape index (κ1) is 19.9. The SMILES string of the molecule is Cc1cc(C)c(NC(=O)C[NH+]2CC[NH+](Cc3ccc(Cl)cc3)CC2)c(C)c1. The number of piperazine rings is 1. The standard InChI is InChI=1S/C22H28ClN3O/c1-16-12-17(2)22(18(3)13-16)24-21(27)15-26-10-8-25(9-11-26)14-19-4-6-20(23)7-5-19/h4-7,12-13H,8-11,14-15H2,1-3H3,(H,24,27)/p+2. The monoisotopic (exact) mass is 387 g/mol. The number of anilines is 1. The lowest BCUT2D eigenvalue weighted by molar-refractivity contribution is -1.02. The first-order valence-electron chi connectivity index (χ1n) is 9.70. The fourth-order valence-electron chi connectivity index (χ4n) is 3.99. The Hall–Kier alpha value is -1.88. The molecule has 0 aromatic heterocycles. The number of quaternary nitrogens is 2. The normalized spacial score (nSPS) is 19.7. The Morgan fingerprint density at radius 3 is 2.11 bits per heavy atom. The van der Waals surface area contributed by atoms with Gasteiger partial charge in [-0.05, 0) is 44.0 Å². The molecule has 3 rings (SSSR count). The van der Waals surface area contributed by atoms with Crippen molar-refractivity contribution in [1.82, 2.24) is 0 Å². The molecule has 0 spiro atoms. The average molecular weight is 388 g/mol. The van der Waals surface area contributed by atoms with E-state index in [1.54, 1.807) is 4.90 Å². The molecule has 2 aromatic carbocycles. The van der Waals surface area contributed by atoms with Gasteiger partial charge in [-0.3, -0.25) is 4.79 Å². The lowest BCUT2D eigenvalue weighted by Gasteiger charge is -2.29. The summed E-state index contributed by atoms with van der Waals surface area (Å²) >= 11 is 5.96. The fourth-order valence-corrected chi connectivity index (χ4v) is 4.12. The molecule has 0 atom stereocenters. The summed E-state index contributed by atoms with van der Waals surface area (Å²) in [7, 11) is 0. The largest absolute Gasteiger partial charge is 0.322 e. The van der Waals surface area contributed by atoms with Gasteiger partial charge < -0.3 is 15.1 Å². The summed E-state index contributed by atoms with van der Waals surface area (Å²) in [6, 6.07) is 12.4. The highest BCUT2D eigenvalue weighted by Crippen LogP contribution is 2.21. The Kier molecular flexibility index (Phi) is 6.53. The molecule has 0 radical (unpaired) electrons.